The quantitative estimate of drug-likeness (QED) is 0.783. The number of aromatic amines is 1. The molecule has 0 amide bonds. The lowest BCUT2D eigenvalue weighted by molar-refractivity contribution is 0.306. The molecule has 2 atom stereocenters. The maximum Gasteiger partial charge on any atom is 0.130 e. The van der Waals surface area contributed by atoms with E-state index in [1.165, 1.54) is 37.8 Å². The van der Waals surface area contributed by atoms with Gasteiger partial charge in [0.15, 0.2) is 0 Å². The zero-order chi connectivity index (χ0) is 13.1. The van der Waals surface area contributed by atoms with Crippen molar-refractivity contribution in [2.75, 3.05) is 0 Å². The fraction of sp³-hybridized carbons (Fsp3) is 0.733. The summed E-state index contributed by atoms with van der Waals surface area (Å²) in [5.41, 5.74) is 1.23. The van der Waals surface area contributed by atoms with Gasteiger partial charge >= 0.3 is 0 Å². The molecule has 0 saturated heterocycles. The Morgan fingerprint density at radius 1 is 1.44 bits per heavy atom. The zero-order valence-electron chi connectivity index (χ0n) is 11.7. The second kappa shape index (κ2) is 5.96. The van der Waals surface area contributed by atoms with Gasteiger partial charge in [-0.2, -0.15) is 0 Å². The monoisotopic (exact) mass is 264 g/mol. The second-order valence-electron chi connectivity index (χ2n) is 5.85. The van der Waals surface area contributed by atoms with Crippen molar-refractivity contribution in [3.63, 3.8) is 0 Å². The summed E-state index contributed by atoms with van der Waals surface area (Å²) >= 11 is 5.30. The predicted octanol–water partition coefficient (Wildman–Crippen LogP) is 4.95. The number of nitrogens with one attached hydrogen (secondary N) is 1. The maximum absolute atomic E-state index is 5.30. The summed E-state index contributed by atoms with van der Waals surface area (Å²) in [4.78, 5) is 8.09. The van der Waals surface area contributed by atoms with Crippen LogP contribution in [-0.2, 0) is 0 Å². The topological polar surface area (TPSA) is 28.7 Å². The molecular weight excluding hydrogens is 240 g/mol. The molecule has 1 aromatic heterocycles. The highest BCUT2D eigenvalue weighted by Crippen LogP contribution is 2.36. The molecule has 1 aliphatic rings. The lowest BCUT2D eigenvalue weighted by Crippen LogP contribution is -2.16. The molecule has 1 aliphatic carbocycles. The summed E-state index contributed by atoms with van der Waals surface area (Å²) in [5.74, 6) is 3.07. The number of hydrogen-bond acceptors (Lipinski definition) is 2. The molecule has 1 aromatic rings. The molecular formula is C15H24N2S. The standard InChI is InChI=1S/C15H24N2S/c1-4-11-6-5-7-12(8-11)15-16-13(10(2)3)9-14(18)17-15/h9-12H,4-8H2,1-3H3,(H,16,17,18). The highest BCUT2D eigenvalue weighted by atomic mass is 32.1. The van der Waals surface area contributed by atoms with Gasteiger partial charge in [0.25, 0.3) is 0 Å². The summed E-state index contributed by atoms with van der Waals surface area (Å²) in [6, 6.07) is 2.00. The molecule has 1 saturated carbocycles. The van der Waals surface area contributed by atoms with Crippen LogP contribution < -0.4 is 0 Å². The van der Waals surface area contributed by atoms with E-state index >= 15 is 0 Å². The van der Waals surface area contributed by atoms with Crippen LogP contribution in [0, 0.1) is 10.6 Å². The second-order valence-corrected chi connectivity index (χ2v) is 6.27. The van der Waals surface area contributed by atoms with Gasteiger partial charge in [-0.25, -0.2) is 4.98 Å². The Kier molecular flexibility index (Phi) is 4.55. The van der Waals surface area contributed by atoms with Crippen molar-refractivity contribution in [2.45, 2.75) is 64.7 Å². The molecule has 2 unspecified atom stereocenters. The lowest BCUT2D eigenvalue weighted by Gasteiger charge is -2.28. The first kappa shape index (κ1) is 13.7. The minimum atomic E-state index is 0.485. The first-order chi connectivity index (χ1) is 8.60. The Morgan fingerprint density at radius 3 is 2.89 bits per heavy atom. The van der Waals surface area contributed by atoms with Gasteiger partial charge in [0, 0.05) is 11.6 Å². The van der Waals surface area contributed by atoms with Crippen LogP contribution in [0.5, 0.6) is 0 Å². The van der Waals surface area contributed by atoms with Crippen LogP contribution in [0.4, 0.5) is 0 Å². The smallest absolute Gasteiger partial charge is 0.130 e. The Bertz CT molecular complexity index is 450. The first-order valence-corrected chi connectivity index (χ1v) is 7.62. The van der Waals surface area contributed by atoms with E-state index in [1.807, 2.05) is 6.07 Å². The van der Waals surface area contributed by atoms with E-state index in [0.717, 1.165) is 16.4 Å². The summed E-state index contributed by atoms with van der Waals surface area (Å²) < 4.78 is 0.742. The lowest BCUT2D eigenvalue weighted by atomic mass is 9.80. The van der Waals surface area contributed by atoms with Crippen LogP contribution in [0.15, 0.2) is 6.07 Å². The van der Waals surface area contributed by atoms with Crippen LogP contribution in [0.3, 0.4) is 0 Å². The molecule has 3 heteroatoms. The van der Waals surface area contributed by atoms with Crippen LogP contribution in [0.2, 0.25) is 0 Å². The molecule has 0 radical (unpaired) electrons. The highest BCUT2D eigenvalue weighted by molar-refractivity contribution is 7.71. The average Bonchev–Trinajstić information content (AvgIpc) is 2.38. The minimum Gasteiger partial charge on any atom is -0.347 e. The first-order valence-electron chi connectivity index (χ1n) is 7.21. The van der Waals surface area contributed by atoms with E-state index in [-0.39, 0.29) is 0 Å². The van der Waals surface area contributed by atoms with Crippen LogP contribution in [0.25, 0.3) is 0 Å². The molecule has 18 heavy (non-hydrogen) atoms. The van der Waals surface area contributed by atoms with Crippen molar-refractivity contribution in [3.05, 3.63) is 22.2 Å². The molecule has 0 aromatic carbocycles. The minimum absolute atomic E-state index is 0.485. The maximum atomic E-state index is 5.30. The van der Waals surface area contributed by atoms with E-state index in [9.17, 15) is 0 Å². The average molecular weight is 264 g/mol. The van der Waals surface area contributed by atoms with Crippen molar-refractivity contribution in [2.24, 2.45) is 5.92 Å². The van der Waals surface area contributed by atoms with Crippen molar-refractivity contribution in [1.82, 2.24) is 9.97 Å². The third kappa shape index (κ3) is 3.19. The number of hydrogen-bond donors (Lipinski definition) is 1. The van der Waals surface area contributed by atoms with Gasteiger partial charge in [0.2, 0.25) is 0 Å². The fourth-order valence-electron chi connectivity index (χ4n) is 2.91. The Morgan fingerprint density at radius 2 is 2.22 bits per heavy atom. The largest absolute Gasteiger partial charge is 0.347 e. The van der Waals surface area contributed by atoms with Crippen molar-refractivity contribution in [3.8, 4) is 0 Å². The summed E-state index contributed by atoms with van der Waals surface area (Å²) in [6.45, 7) is 6.69. The molecule has 0 aliphatic heterocycles. The molecule has 2 nitrogen and oxygen atoms in total. The van der Waals surface area contributed by atoms with E-state index in [1.54, 1.807) is 0 Å². The molecule has 0 bridgehead atoms. The summed E-state index contributed by atoms with van der Waals surface area (Å²) in [7, 11) is 0. The zero-order valence-corrected chi connectivity index (χ0v) is 12.5. The normalized spacial score (nSPS) is 24.4. The number of rotatable bonds is 3. The van der Waals surface area contributed by atoms with Crippen LogP contribution in [0.1, 0.15) is 76.2 Å². The molecule has 1 fully saturated rings. The Labute approximate surface area is 115 Å². The number of nitrogens with zero attached hydrogens (tertiary/aromatic N) is 1. The van der Waals surface area contributed by atoms with Crippen LogP contribution >= 0.6 is 12.2 Å². The van der Waals surface area contributed by atoms with E-state index in [0.29, 0.717) is 11.8 Å². The third-order valence-electron chi connectivity index (χ3n) is 4.15. The number of H-pyrrole nitrogens is 1. The van der Waals surface area contributed by atoms with Gasteiger partial charge in [-0.05, 0) is 30.7 Å². The van der Waals surface area contributed by atoms with Gasteiger partial charge < -0.3 is 4.98 Å². The number of aromatic nitrogens is 2. The molecule has 2 rings (SSSR count). The summed E-state index contributed by atoms with van der Waals surface area (Å²) in [6.07, 6.45) is 6.54. The van der Waals surface area contributed by atoms with Crippen molar-refractivity contribution >= 4 is 12.2 Å². The Balaban J connectivity index is 2.24. The van der Waals surface area contributed by atoms with Crippen LogP contribution in [-0.4, -0.2) is 9.97 Å². The van der Waals surface area contributed by atoms with E-state index < -0.39 is 0 Å². The van der Waals surface area contributed by atoms with E-state index in [4.69, 9.17) is 12.2 Å². The van der Waals surface area contributed by atoms with Gasteiger partial charge in [0.05, 0.1) is 0 Å². The molecule has 100 valence electrons. The SMILES string of the molecule is CCC1CCCC(c2nc(=S)cc(C(C)C)[nH]2)C1. The van der Waals surface area contributed by atoms with Gasteiger partial charge in [-0.1, -0.05) is 52.3 Å². The molecule has 1 N–H and O–H groups in total. The Hall–Kier alpha value is -0.700. The summed E-state index contributed by atoms with van der Waals surface area (Å²) in [5, 5.41) is 0. The molecule has 1 heterocycles. The third-order valence-corrected chi connectivity index (χ3v) is 4.36. The van der Waals surface area contributed by atoms with Gasteiger partial charge in [-0.3, -0.25) is 0 Å². The molecule has 0 spiro atoms. The van der Waals surface area contributed by atoms with E-state index in [2.05, 4.69) is 30.7 Å². The predicted molar refractivity (Wildman–Crippen MR) is 78.5 cm³/mol. The van der Waals surface area contributed by atoms with Gasteiger partial charge in [-0.15, -0.1) is 0 Å². The van der Waals surface area contributed by atoms with Crippen molar-refractivity contribution in [1.29, 1.82) is 0 Å². The highest BCUT2D eigenvalue weighted by Gasteiger charge is 2.24. The fourth-order valence-corrected chi connectivity index (χ4v) is 3.14. The van der Waals surface area contributed by atoms with Gasteiger partial charge in [0.1, 0.15) is 10.5 Å². The van der Waals surface area contributed by atoms with Crippen molar-refractivity contribution < 1.29 is 0 Å².